The van der Waals surface area contributed by atoms with Crippen LogP contribution in [0.2, 0.25) is 0 Å². The first-order valence-electron chi connectivity index (χ1n) is 7.41. The minimum absolute atomic E-state index is 0.0311. The average Bonchev–Trinajstić information content (AvgIpc) is 2.99. The zero-order chi connectivity index (χ0) is 17.0. The van der Waals surface area contributed by atoms with Gasteiger partial charge in [0, 0.05) is 26.2 Å². The summed E-state index contributed by atoms with van der Waals surface area (Å²) in [5.74, 6) is 0.383. The molecule has 0 saturated carbocycles. The van der Waals surface area contributed by atoms with E-state index in [2.05, 4.69) is 17.5 Å². The number of ether oxygens (including phenoxy) is 1. The van der Waals surface area contributed by atoms with Crippen LogP contribution in [0.5, 0.6) is 5.75 Å². The molecular formula is C16H22N2O4S. The van der Waals surface area contributed by atoms with E-state index in [0.29, 0.717) is 12.1 Å². The van der Waals surface area contributed by atoms with Gasteiger partial charge in [-0.3, -0.25) is 4.79 Å². The first-order valence-corrected chi connectivity index (χ1v) is 8.85. The fourth-order valence-electron chi connectivity index (χ4n) is 2.47. The highest BCUT2D eigenvalue weighted by molar-refractivity contribution is 7.89. The molecule has 0 aliphatic heterocycles. The van der Waals surface area contributed by atoms with Crippen molar-refractivity contribution in [1.82, 2.24) is 4.31 Å². The quantitative estimate of drug-likeness (QED) is 0.807. The zero-order valence-corrected chi connectivity index (χ0v) is 14.4. The molecule has 0 bridgehead atoms. The second kappa shape index (κ2) is 7.14. The normalized spacial score (nSPS) is 17.5. The molecule has 0 heterocycles. The standard InChI is InChI=1S/C16H22N2O4S/c1-18(2)23(20,21)15-11-13(8-9-14(15)22-3)17-16(19)10-12-6-4-5-7-12/h4,6,8-9,11-12H,5,7,10H2,1-3H3,(H,17,19). The molecule has 1 aliphatic carbocycles. The van der Waals surface area contributed by atoms with E-state index in [1.54, 1.807) is 12.1 Å². The molecule has 1 aromatic rings. The Balaban J connectivity index is 2.20. The Hall–Kier alpha value is -1.86. The van der Waals surface area contributed by atoms with Crippen molar-refractivity contribution in [1.29, 1.82) is 0 Å². The van der Waals surface area contributed by atoms with Gasteiger partial charge in [0.25, 0.3) is 0 Å². The van der Waals surface area contributed by atoms with Gasteiger partial charge in [0.1, 0.15) is 10.6 Å². The summed E-state index contributed by atoms with van der Waals surface area (Å²) < 4.78 is 30.9. The molecule has 1 aromatic carbocycles. The number of rotatable bonds is 6. The number of anilines is 1. The Labute approximate surface area is 137 Å². The van der Waals surface area contributed by atoms with Crippen LogP contribution in [-0.2, 0) is 14.8 Å². The molecule has 1 N–H and O–H groups in total. The number of allylic oxidation sites excluding steroid dienone is 2. The van der Waals surface area contributed by atoms with E-state index in [4.69, 9.17) is 4.74 Å². The molecule has 0 fully saturated rings. The topological polar surface area (TPSA) is 75.7 Å². The van der Waals surface area contributed by atoms with Crippen LogP contribution in [0, 0.1) is 5.92 Å². The molecule has 0 saturated heterocycles. The molecule has 0 aromatic heterocycles. The smallest absolute Gasteiger partial charge is 0.246 e. The number of hydrogen-bond acceptors (Lipinski definition) is 4. The largest absolute Gasteiger partial charge is 0.495 e. The van der Waals surface area contributed by atoms with Gasteiger partial charge in [-0.25, -0.2) is 12.7 Å². The second-order valence-corrected chi connectivity index (χ2v) is 7.79. The molecular weight excluding hydrogens is 316 g/mol. The molecule has 126 valence electrons. The number of amides is 1. The van der Waals surface area contributed by atoms with Crippen molar-refractivity contribution in [2.45, 2.75) is 24.2 Å². The van der Waals surface area contributed by atoms with Crippen LogP contribution in [0.4, 0.5) is 5.69 Å². The Morgan fingerprint density at radius 2 is 2.13 bits per heavy atom. The first kappa shape index (κ1) is 17.5. The number of carbonyl (C=O) groups is 1. The van der Waals surface area contributed by atoms with E-state index in [1.165, 1.54) is 27.3 Å². The predicted molar refractivity (Wildman–Crippen MR) is 89.0 cm³/mol. The highest BCUT2D eigenvalue weighted by Crippen LogP contribution is 2.29. The molecule has 0 radical (unpaired) electrons. The van der Waals surface area contributed by atoms with E-state index in [9.17, 15) is 13.2 Å². The molecule has 2 rings (SSSR count). The molecule has 6 nitrogen and oxygen atoms in total. The molecule has 1 unspecified atom stereocenters. The third kappa shape index (κ3) is 4.11. The van der Waals surface area contributed by atoms with Crippen LogP contribution < -0.4 is 10.1 Å². The monoisotopic (exact) mass is 338 g/mol. The van der Waals surface area contributed by atoms with Gasteiger partial charge in [-0.15, -0.1) is 0 Å². The van der Waals surface area contributed by atoms with E-state index in [1.807, 2.05) is 0 Å². The summed E-state index contributed by atoms with van der Waals surface area (Å²) in [5, 5.41) is 2.76. The lowest BCUT2D eigenvalue weighted by Crippen LogP contribution is -2.23. The molecule has 1 atom stereocenters. The average molecular weight is 338 g/mol. The number of nitrogens with zero attached hydrogens (tertiary/aromatic N) is 1. The summed E-state index contributed by atoms with van der Waals surface area (Å²) in [6.07, 6.45) is 6.52. The van der Waals surface area contributed by atoms with Crippen LogP contribution in [0.3, 0.4) is 0 Å². The summed E-state index contributed by atoms with van der Waals surface area (Å²) in [6.45, 7) is 0. The van der Waals surface area contributed by atoms with Crippen LogP contribution in [0.15, 0.2) is 35.2 Å². The number of nitrogens with one attached hydrogen (secondary N) is 1. The van der Waals surface area contributed by atoms with E-state index >= 15 is 0 Å². The fourth-order valence-corrected chi connectivity index (χ4v) is 3.54. The summed E-state index contributed by atoms with van der Waals surface area (Å²) in [4.78, 5) is 12.1. The Bertz CT molecular complexity index is 711. The third-order valence-electron chi connectivity index (χ3n) is 3.77. The van der Waals surface area contributed by atoms with Gasteiger partial charge in [-0.1, -0.05) is 12.2 Å². The maximum Gasteiger partial charge on any atom is 0.246 e. The van der Waals surface area contributed by atoms with Crippen molar-refractivity contribution in [3.05, 3.63) is 30.4 Å². The summed E-state index contributed by atoms with van der Waals surface area (Å²) in [6, 6.07) is 4.61. The van der Waals surface area contributed by atoms with Crippen LogP contribution >= 0.6 is 0 Å². The van der Waals surface area contributed by atoms with E-state index in [0.717, 1.165) is 17.1 Å². The van der Waals surface area contributed by atoms with E-state index in [-0.39, 0.29) is 22.5 Å². The fraction of sp³-hybridized carbons (Fsp3) is 0.438. The zero-order valence-electron chi connectivity index (χ0n) is 13.6. The lowest BCUT2D eigenvalue weighted by atomic mass is 10.1. The highest BCUT2D eigenvalue weighted by atomic mass is 32.2. The molecule has 7 heteroatoms. The molecule has 23 heavy (non-hydrogen) atoms. The van der Waals surface area contributed by atoms with Crippen LogP contribution in [0.1, 0.15) is 19.3 Å². The van der Waals surface area contributed by atoms with Gasteiger partial charge in [0.15, 0.2) is 0 Å². The molecule has 1 aliphatic rings. The molecule has 0 spiro atoms. The highest BCUT2D eigenvalue weighted by Gasteiger charge is 2.23. The number of carbonyl (C=O) groups excluding carboxylic acids is 1. The van der Waals surface area contributed by atoms with Gasteiger partial charge in [-0.05, 0) is 37.0 Å². The van der Waals surface area contributed by atoms with Crippen molar-refractivity contribution in [3.8, 4) is 5.75 Å². The van der Waals surface area contributed by atoms with Crippen LogP contribution in [0.25, 0.3) is 0 Å². The number of benzene rings is 1. The summed E-state index contributed by atoms with van der Waals surface area (Å²) in [7, 11) is 0.659. The Morgan fingerprint density at radius 1 is 1.39 bits per heavy atom. The minimum atomic E-state index is -3.65. The van der Waals surface area contributed by atoms with Gasteiger partial charge in [0.2, 0.25) is 15.9 Å². The van der Waals surface area contributed by atoms with Gasteiger partial charge in [-0.2, -0.15) is 0 Å². The lowest BCUT2D eigenvalue weighted by molar-refractivity contribution is -0.116. The predicted octanol–water partition coefficient (Wildman–Crippen LogP) is 2.24. The van der Waals surface area contributed by atoms with Gasteiger partial charge in [0.05, 0.1) is 7.11 Å². The van der Waals surface area contributed by atoms with Crippen molar-refractivity contribution in [3.63, 3.8) is 0 Å². The maximum absolute atomic E-state index is 12.4. The first-order chi connectivity index (χ1) is 10.8. The Morgan fingerprint density at radius 3 is 2.70 bits per heavy atom. The maximum atomic E-state index is 12.4. The van der Waals surface area contributed by atoms with E-state index < -0.39 is 10.0 Å². The SMILES string of the molecule is COc1ccc(NC(=O)CC2C=CCC2)cc1S(=O)(=O)N(C)C. The lowest BCUT2D eigenvalue weighted by Gasteiger charge is -2.16. The number of hydrogen-bond donors (Lipinski definition) is 1. The minimum Gasteiger partial charge on any atom is -0.495 e. The Kier molecular flexibility index (Phi) is 5.43. The summed E-state index contributed by atoms with van der Waals surface area (Å²) >= 11 is 0. The van der Waals surface area contributed by atoms with Crippen molar-refractivity contribution < 1.29 is 17.9 Å². The van der Waals surface area contributed by atoms with Crippen molar-refractivity contribution in [2.24, 2.45) is 5.92 Å². The second-order valence-electron chi connectivity index (χ2n) is 5.67. The van der Waals surface area contributed by atoms with Crippen molar-refractivity contribution >= 4 is 21.6 Å². The number of sulfonamides is 1. The van der Waals surface area contributed by atoms with Gasteiger partial charge < -0.3 is 10.1 Å². The van der Waals surface area contributed by atoms with Gasteiger partial charge >= 0.3 is 0 Å². The molecule has 1 amide bonds. The van der Waals surface area contributed by atoms with Crippen LogP contribution in [-0.4, -0.2) is 39.8 Å². The number of methoxy groups -OCH3 is 1. The third-order valence-corrected chi connectivity index (χ3v) is 5.60. The van der Waals surface area contributed by atoms with Crippen molar-refractivity contribution in [2.75, 3.05) is 26.5 Å². The summed E-state index contributed by atoms with van der Waals surface area (Å²) in [5.41, 5.74) is 0.443.